The second-order valence-electron chi connectivity index (χ2n) is 5.65. The summed E-state index contributed by atoms with van der Waals surface area (Å²) >= 11 is 11.2. The smallest absolute Gasteiger partial charge is 0.408 e. The van der Waals surface area contributed by atoms with Crippen LogP contribution in [0.15, 0.2) is 9.98 Å². The van der Waals surface area contributed by atoms with Crippen LogP contribution in [0.1, 0.15) is 0 Å². The van der Waals surface area contributed by atoms with Gasteiger partial charge in [-0.05, 0) is 0 Å². The molecule has 0 bridgehead atoms. The molecule has 0 fully saturated rings. The van der Waals surface area contributed by atoms with Crippen molar-refractivity contribution in [2.75, 3.05) is 73.5 Å². The number of nitrogens with zero attached hydrogens (tertiary/aromatic N) is 2. The van der Waals surface area contributed by atoms with Crippen molar-refractivity contribution < 1.29 is 43.3 Å². The Morgan fingerprint density at radius 1 is 0.744 bits per heavy atom. The zero-order chi connectivity index (χ0) is 28.7. The minimum atomic E-state index is -1.18. The predicted molar refractivity (Wildman–Crippen MR) is 175 cm³/mol. The lowest BCUT2D eigenvalue weighted by molar-refractivity contribution is -0.196. The highest BCUT2D eigenvalue weighted by Crippen LogP contribution is 2.14. The molecule has 0 aromatic carbocycles. The van der Waals surface area contributed by atoms with Gasteiger partial charge in [0, 0.05) is 15.3 Å². The highest BCUT2D eigenvalue weighted by atomic mass is 32.2. The van der Waals surface area contributed by atoms with Crippen LogP contribution in [0.25, 0.3) is 0 Å². The molecular formula is C17H32N4O9S9. The van der Waals surface area contributed by atoms with E-state index in [1.807, 2.05) is 0 Å². The molecule has 0 saturated carbocycles. The van der Waals surface area contributed by atoms with Gasteiger partial charge in [0.2, 0.25) is 6.40 Å². The summed E-state index contributed by atoms with van der Waals surface area (Å²) in [6, 6.07) is 0. The number of hydrogen-bond acceptors (Lipinski definition) is 19. The van der Waals surface area contributed by atoms with Crippen molar-refractivity contribution in [3.8, 4) is 0 Å². The Morgan fingerprint density at radius 3 is 1.95 bits per heavy atom. The van der Waals surface area contributed by atoms with Gasteiger partial charge in [0.25, 0.3) is 0 Å². The normalized spacial score (nSPS) is 12.1. The van der Waals surface area contributed by atoms with Gasteiger partial charge in [0.1, 0.15) is 17.8 Å². The molecule has 0 aromatic rings. The van der Waals surface area contributed by atoms with E-state index in [1.54, 1.807) is 11.8 Å². The minimum Gasteiger partial charge on any atom is -0.438 e. The number of aliphatic hydroxyl groups excluding tert-OH is 2. The first-order valence-corrected chi connectivity index (χ1v) is 21.0. The van der Waals surface area contributed by atoms with E-state index in [4.69, 9.17) is 24.6 Å². The Balaban J connectivity index is 3.42. The van der Waals surface area contributed by atoms with Crippen molar-refractivity contribution in [2.24, 2.45) is 9.98 Å². The zero-order valence-corrected chi connectivity index (χ0v) is 28.0. The maximum absolute atomic E-state index is 11.9. The molecule has 0 saturated heterocycles. The third-order valence-corrected chi connectivity index (χ3v) is 11.4. The summed E-state index contributed by atoms with van der Waals surface area (Å²) in [5.41, 5.74) is 1.43. The van der Waals surface area contributed by atoms with Gasteiger partial charge in [0.15, 0.2) is 0 Å². The molecule has 0 spiro atoms. The second kappa shape index (κ2) is 33.0. The van der Waals surface area contributed by atoms with E-state index >= 15 is 0 Å². The van der Waals surface area contributed by atoms with Gasteiger partial charge in [-0.2, -0.15) is 4.89 Å². The SMILES string of the molecule is O=C(NCSCSCN=CS(=O)CSCSCOC(=O)NCSCSCN=COOCSCO)OCSCO. The first-order valence-electron chi connectivity index (χ1n) is 10.4. The summed E-state index contributed by atoms with van der Waals surface area (Å²) in [7, 11) is -1.18. The molecule has 1 unspecified atom stereocenters. The number of carbonyl (C=O) groups is 2. The van der Waals surface area contributed by atoms with Crippen molar-refractivity contribution in [2.45, 2.75) is 0 Å². The minimum absolute atomic E-state index is 0.0356. The molecule has 39 heavy (non-hydrogen) atoms. The van der Waals surface area contributed by atoms with Crippen LogP contribution >= 0.6 is 94.1 Å². The summed E-state index contributed by atoms with van der Waals surface area (Å²) < 4.78 is 21.8. The summed E-state index contributed by atoms with van der Waals surface area (Å²) in [5.74, 6) is 2.18. The maximum atomic E-state index is 11.9. The average molecular weight is 725 g/mol. The Hall–Kier alpha value is 0.510. The summed E-state index contributed by atoms with van der Waals surface area (Å²) in [4.78, 5) is 40.3. The number of hydrogen-bond donors (Lipinski definition) is 4. The molecule has 13 nitrogen and oxygen atoms in total. The molecule has 1 atom stereocenters. The first-order chi connectivity index (χ1) is 19.1. The van der Waals surface area contributed by atoms with E-state index in [2.05, 4.69) is 25.5 Å². The van der Waals surface area contributed by atoms with Crippen molar-refractivity contribution in [1.82, 2.24) is 10.6 Å². The van der Waals surface area contributed by atoms with Crippen LogP contribution in [0.4, 0.5) is 9.59 Å². The number of thioether (sulfide) groups is 8. The third kappa shape index (κ3) is 32.9. The summed E-state index contributed by atoms with van der Waals surface area (Å²) in [6.45, 7) is 0. The van der Waals surface area contributed by atoms with Crippen LogP contribution in [-0.4, -0.2) is 112 Å². The Morgan fingerprint density at radius 2 is 1.31 bits per heavy atom. The van der Waals surface area contributed by atoms with Crippen molar-refractivity contribution in [3.63, 3.8) is 0 Å². The maximum Gasteiger partial charge on any atom is 0.408 e. The third-order valence-electron chi connectivity index (χ3n) is 2.91. The van der Waals surface area contributed by atoms with Gasteiger partial charge >= 0.3 is 12.2 Å². The first kappa shape index (κ1) is 39.5. The molecule has 0 aliphatic carbocycles. The Kier molecular flexibility index (Phi) is 33.4. The molecule has 0 aliphatic rings. The number of aliphatic imine (C=N–C) groups is 2. The van der Waals surface area contributed by atoms with Gasteiger partial charge in [-0.15, -0.1) is 82.3 Å². The van der Waals surface area contributed by atoms with E-state index in [-0.39, 0.29) is 29.7 Å². The zero-order valence-electron chi connectivity index (χ0n) is 20.7. The highest BCUT2D eigenvalue weighted by Gasteiger charge is 2.03. The standard InChI is InChI=1S/C17H32N4O9S9/c22-7-35-9-27-16(24)20-4-34-13-32-3-19-6-39(26)15-38-14-37-10-28-17(25)21-5-33-12-31-2-18-1-29-30-11-36-8-23/h1,6,22-23H,2-5,7-15H2,(H,20,24)(H,21,25). The van der Waals surface area contributed by atoms with Crippen LogP contribution in [0, 0.1) is 0 Å². The monoisotopic (exact) mass is 724 g/mol. The lowest BCUT2D eigenvalue weighted by Gasteiger charge is -2.06. The van der Waals surface area contributed by atoms with Crippen LogP contribution in [0.3, 0.4) is 0 Å². The highest BCUT2D eigenvalue weighted by molar-refractivity contribution is 8.22. The fraction of sp³-hybridized carbons (Fsp3) is 0.765. The molecule has 0 aliphatic heterocycles. The number of amides is 2. The Labute approximate surface area is 264 Å². The fourth-order valence-corrected chi connectivity index (χ4v) is 7.98. The van der Waals surface area contributed by atoms with Crippen molar-refractivity contribution in [3.05, 3.63) is 0 Å². The number of alkyl carbamates (subject to hydrolysis) is 2. The quantitative estimate of drug-likeness (QED) is 0.0242. The van der Waals surface area contributed by atoms with Crippen LogP contribution in [0.5, 0.6) is 0 Å². The lowest BCUT2D eigenvalue weighted by Crippen LogP contribution is -2.23. The van der Waals surface area contributed by atoms with Gasteiger partial charge < -0.3 is 35.2 Å². The van der Waals surface area contributed by atoms with Gasteiger partial charge in [0.05, 0.1) is 56.8 Å². The topological polar surface area (TPSA) is 177 Å². The summed E-state index contributed by atoms with van der Waals surface area (Å²) in [5, 5.41) is 24.8. The molecule has 228 valence electrons. The molecule has 0 rings (SSSR count). The number of rotatable bonds is 27. The molecule has 0 radical (unpaired) electrons. The van der Waals surface area contributed by atoms with E-state index in [0.29, 0.717) is 38.8 Å². The van der Waals surface area contributed by atoms with Crippen LogP contribution < -0.4 is 10.6 Å². The molecule has 2 amide bonds. The summed E-state index contributed by atoms with van der Waals surface area (Å²) in [6.07, 6.45) is 0.177. The van der Waals surface area contributed by atoms with Gasteiger partial charge in [-0.1, -0.05) is 11.8 Å². The van der Waals surface area contributed by atoms with E-state index in [0.717, 1.165) is 28.6 Å². The van der Waals surface area contributed by atoms with Crippen molar-refractivity contribution >= 4 is 129 Å². The molecular weight excluding hydrogens is 693 g/mol. The van der Waals surface area contributed by atoms with E-state index in [1.165, 1.54) is 70.8 Å². The fourth-order valence-electron chi connectivity index (χ4n) is 1.47. The lowest BCUT2D eigenvalue weighted by atomic mass is 11.1. The number of nitrogens with one attached hydrogen (secondary N) is 2. The average Bonchev–Trinajstić information content (AvgIpc) is 2.92. The van der Waals surface area contributed by atoms with Gasteiger partial charge in [-0.25, -0.2) is 14.6 Å². The molecule has 4 N–H and O–H groups in total. The molecule has 0 aromatic heterocycles. The van der Waals surface area contributed by atoms with E-state index in [9.17, 15) is 13.8 Å². The number of aliphatic hydroxyl groups is 2. The predicted octanol–water partition coefficient (Wildman–Crippen LogP) is 3.49. The largest absolute Gasteiger partial charge is 0.438 e. The molecule has 0 heterocycles. The van der Waals surface area contributed by atoms with E-state index < -0.39 is 23.0 Å². The number of ether oxygens (including phenoxy) is 2. The number of carbonyl (C=O) groups excluding carboxylic acids is 2. The van der Waals surface area contributed by atoms with Crippen molar-refractivity contribution in [1.29, 1.82) is 0 Å². The molecule has 22 heteroatoms. The van der Waals surface area contributed by atoms with Crippen LogP contribution in [-0.2, 0) is 30.0 Å². The van der Waals surface area contributed by atoms with Crippen LogP contribution in [0.2, 0.25) is 0 Å². The Bertz CT molecular complexity index is 688. The van der Waals surface area contributed by atoms with Gasteiger partial charge in [-0.3, -0.25) is 9.20 Å². The second-order valence-corrected chi connectivity index (χ2v) is 16.0.